The van der Waals surface area contributed by atoms with Crippen molar-refractivity contribution < 1.29 is 4.79 Å². The molecule has 0 aromatic heterocycles. The fraction of sp³-hybridized carbons (Fsp3) is 0.167. The van der Waals surface area contributed by atoms with Crippen LogP contribution in [0.1, 0.15) is 25.3 Å². The van der Waals surface area contributed by atoms with Crippen LogP contribution >= 0.6 is 0 Å². The second-order valence-electron chi connectivity index (χ2n) is 5.08. The zero-order valence-electron chi connectivity index (χ0n) is 12.8. The minimum Gasteiger partial charge on any atom is -0.356 e. The highest BCUT2D eigenvalue weighted by Gasteiger charge is 2.34. The van der Waals surface area contributed by atoms with Crippen molar-refractivity contribution in [2.45, 2.75) is 19.8 Å². The van der Waals surface area contributed by atoms with E-state index in [2.05, 4.69) is 11.2 Å². The molecule has 5 heteroatoms. The van der Waals surface area contributed by atoms with Crippen LogP contribution in [0.2, 0.25) is 0 Å². The molecule has 1 atom stereocenters. The predicted octanol–water partition coefficient (Wildman–Crippen LogP) is 2.71. The lowest BCUT2D eigenvalue weighted by molar-refractivity contribution is -0.113. The molecule has 1 aliphatic heterocycles. The first-order chi connectivity index (χ1) is 11.0. The molecule has 1 aromatic carbocycles. The maximum atomic E-state index is 12.1. The Balaban J connectivity index is 2.83. The molecule has 0 saturated heterocycles. The van der Waals surface area contributed by atoms with E-state index in [1.165, 1.54) is 6.92 Å². The van der Waals surface area contributed by atoms with E-state index in [4.69, 9.17) is 15.9 Å². The van der Waals surface area contributed by atoms with Crippen LogP contribution in [0.3, 0.4) is 0 Å². The standard InChI is InChI=1S/C18H14N4O/c1-11-16(12(2)23)17(13-6-4-3-5-7-13)15(10-21)18(22-11)14(8-19)9-20/h3-7,17,21-22H,1-2H3. The molecule has 0 fully saturated rings. The summed E-state index contributed by atoms with van der Waals surface area (Å²) in [5.74, 6) is 1.65. The Kier molecular flexibility index (Phi) is 4.57. The summed E-state index contributed by atoms with van der Waals surface area (Å²) < 4.78 is 0. The fourth-order valence-electron chi connectivity index (χ4n) is 2.74. The van der Waals surface area contributed by atoms with Crippen molar-refractivity contribution in [3.05, 3.63) is 64.0 Å². The number of hydrogen-bond acceptors (Lipinski definition) is 5. The van der Waals surface area contributed by atoms with Crippen LogP contribution in [0, 0.1) is 28.1 Å². The Bertz CT molecular complexity index is 841. The largest absolute Gasteiger partial charge is 0.356 e. The lowest BCUT2D eigenvalue weighted by atomic mass is 9.78. The third-order valence-electron chi connectivity index (χ3n) is 3.68. The summed E-state index contributed by atoms with van der Waals surface area (Å²) >= 11 is 0. The summed E-state index contributed by atoms with van der Waals surface area (Å²) in [6.45, 7) is 3.18. The molecule has 1 heterocycles. The number of benzene rings is 1. The third kappa shape index (κ3) is 2.82. The minimum absolute atomic E-state index is 0.133. The van der Waals surface area contributed by atoms with E-state index in [0.29, 0.717) is 16.8 Å². The van der Waals surface area contributed by atoms with Crippen LogP contribution in [0.4, 0.5) is 0 Å². The molecule has 0 aliphatic carbocycles. The highest BCUT2D eigenvalue weighted by molar-refractivity contribution is 5.98. The van der Waals surface area contributed by atoms with Crippen molar-refractivity contribution in [1.29, 1.82) is 15.9 Å². The number of ketones is 1. The van der Waals surface area contributed by atoms with Gasteiger partial charge in [0, 0.05) is 11.3 Å². The number of nitrogens with one attached hydrogen (secondary N) is 2. The van der Waals surface area contributed by atoms with E-state index in [-0.39, 0.29) is 17.1 Å². The predicted molar refractivity (Wildman–Crippen MR) is 85.2 cm³/mol. The number of carbonyl (C=O) groups excluding carboxylic acids is 1. The molecule has 2 rings (SSSR count). The van der Waals surface area contributed by atoms with Crippen molar-refractivity contribution in [3.8, 4) is 12.1 Å². The summed E-state index contributed by atoms with van der Waals surface area (Å²) in [5, 5.41) is 28.9. The molecule has 0 radical (unpaired) electrons. The third-order valence-corrected chi connectivity index (χ3v) is 3.68. The van der Waals surface area contributed by atoms with Crippen molar-refractivity contribution in [2.75, 3.05) is 0 Å². The fourth-order valence-corrected chi connectivity index (χ4v) is 2.74. The molecular weight excluding hydrogens is 288 g/mol. The van der Waals surface area contributed by atoms with Crippen molar-refractivity contribution >= 4 is 11.7 Å². The molecule has 0 bridgehead atoms. The van der Waals surface area contributed by atoms with E-state index < -0.39 is 5.92 Å². The molecule has 1 unspecified atom stereocenters. The molecule has 5 nitrogen and oxygen atoms in total. The van der Waals surface area contributed by atoms with E-state index in [1.807, 2.05) is 42.5 Å². The van der Waals surface area contributed by atoms with Gasteiger partial charge in [-0.05, 0) is 25.3 Å². The number of nitrogens with zero attached hydrogens (tertiary/aromatic N) is 2. The van der Waals surface area contributed by atoms with Crippen LogP contribution in [0.25, 0.3) is 0 Å². The maximum absolute atomic E-state index is 12.1. The first-order valence-corrected chi connectivity index (χ1v) is 6.93. The average molecular weight is 302 g/mol. The van der Waals surface area contributed by atoms with Gasteiger partial charge in [0.1, 0.15) is 12.1 Å². The quantitative estimate of drug-likeness (QED) is 0.648. The van der Waals surface area contributed by atoms with Crippen LogP contribution < -0.4 is 5.32 Å². The Morgan fingerprint density at radius 2 is 1.83 bits per heavy atom. The Labute approximate surface area is 134 Å². The topological polar surface area (TPSA) is 101 Å². The van der Waals surface area contributed by atoms with E-state index >= 15 is 0 Å². The maximum Gasteiger partial charge on any atom is 0.158 e. The van der Waals surface area contributed by atoms with E-state index in [1.54, 1.807) is 6.92 Å². The number of hydrogen-bond donors (Lipinski definition) is 2. The number of allylic oxidation sites excluding steroid dienone is 4. The summed E-state index contributed by atoms with van der Waals surface area (Å²) in [5.41, 5.74) is 2.29. The molecule has 0 spiro atoms. The molecule has 2 N–H and O–H groups in total. The Morgan fingerprint density at radius 1 is 1.22 bits per heavy atom. The van der Waals surface area contributed by atoms with Gasteiger partial charge in [0.25, 0.3) is 0 Å². The smallest absolute Gasteiger partial charge is 0.158 e. The molecule has 112 valence electrons. The van der Waals surface area contributed by atoms with Crippen molar-refractivity contribution in [1.82, 2.24) is 5.32 Å². The lowest BCUT2D eigenvalue weighted by Crippen LogP contribution is -2.30. The summed E-state index contributed by atoms with van der Waals surface area (Å²) in [4.78, 5) is 12.1. The van der Waals surface area contributed by atoms with Gasteiger partial charge in [-0.25, -0.2) is 0 Å². The zero-order chi connectivity index (χ0) is 17.0. The van der Waals surface area contributed by atoms with Crippen molar-refractivity contribution in [3.63, 3.8) is 0 Å². The van der Waals surface area contributed by atoms with E-state index in [0.717, 1.165) is 5.56 Å². The number of nitriles is 2. The highest BCUT2D eigenvalue weighted by atomic mass is 16.1. The second-order valence-corrected chi connectivity index (χ2v) is 5.08. The molecule has 1 aromatic rings. The van der Waals surface area contributed by atoms with Crippen LogP contribution in [-0.4, -0.2) is 11.7 Å². The lowest BCUT2D eigenvalue weighted by Gasteiger charge is -2.30. The second kappa shape index (κ2) is 6.58. The zero-order valence-corrected chi connectivity index (χ0v) is 12.8. The first kappa shape index (κ1) is 16.0. The van der Waals surface area contributed by atoms with Gasteiger partial charge < -0.3 is 5.32 Å². The number of Topliss-reactive ketones (excluding diaryl/α,β-unsaturated/α-hetero) is 1. The van der Waals surface area contributed by atoms with Crippen LogP contribution in [0.15, 0.2) is 58.4 Å². The summed E-state index contributed by atoms with van der Waals surface area (Å²) in [6.07, 6.45) is 0. The van der Waals surface area contributed by atoms with Crippen LogP contribution in [0.5, 0.6) is 0 Å². The van der Waals surface area contributed by atoms with Gasteiger partial charge in [0.05, 0.1) is 17.2 Å². The monoisotopic (exact) mass is 302 g/mol. The SMILES string of the molecule is CC(=O)C1=C(C)NC(=C(C#N)C#N)C(=C=N)C1c1ccccc1. The summed E-state index contributed by atoms with van der Waals surface area (Å²) in [7, 11) is 0. The number of carbonyl (C=O) groups is 1. The molecule has 0 saturated carbocycles. The summed E-state index contributed by atoms with van der Waals surface area (Å²) in [6, 6.07) is 12.9. The van der Waals surface area contributed by atoms with Gasteiger partial charge in [0.2, 0.25) is 0 Å². The number of rotatable bonds is 2. The van der Waals surface area contributed by atoms with Gasteiger partial charge in [-0.2, -0.15) is 10.5 Å². The van der Waals surface area contributed by atoms with E-state index in [9.17, 15) is 4.79 Å². The minimum atomic E-state index is -0.529. The van der Waals surface area contributed by atoms with Crippen molar-refractivity contribution in [2.24, 2.45) is 0 Å². The van der Waals surface area contributed by atoms with Gasteiger partial charge >= 0.3 is 0 Å². The Hall–Kier alpha value is -3.40. The van der Waals surface area contributed by atoms with Gasteiger partial charge in [0.15, 0.2) is 11.4 Å². The molecule has 0 amide bonds. The average Bonchev–Trinajstić information content (AvgIpc) is 2.55. The highest BCUT2D eigenvalue weighted by Crippen LogP contribution is 2.39. The molecule has 23 heavy (non-hydrogen) atoms. The molecule has 1 aliphatic rings. The Morgan fingerprint density at radius 3 is 2.30 bits per heavy atom. The van der Waals surface area contributed by atoms with Gasteiger partial charge in [-0.15, -0.1) is 0 Å². The van der Waals surface area contributed by atoms with Crippen LogP contribution in [-0.2, 0) is 4.79 Å². The normalized spacial score (nSPS) is 16.8. The molecular formula is C18H14N4O. The van der Waals surface area contributed by atoms with Gasteiger partial charge in [-0.1, -0.05) is 30.3 Å². The first-order valence-electron chi connectivity index (χ1n) is 6.93. The van der Waals surface area contributed by atoms with Gasteiger partial charge in [-0.3, -0.25) is 10.2 Å².